The highest BCUT2D eigenvalue weighted by Gasteiger charge is 2.11. The van der Waals surface area contributed by atoms with Gasteiger partial charge in [-0.25, -0.2) is 0 Å². The van der Waals surface area contributed by atoms with Crippen molar-refractivity contribution >= 4 is 22.6 Å². The van der Waals surface area contributed by atoms with Crippen molar-refractivity contribution in [2.24, 2.45) is 0 Å². The van der Waals surface area contributed by atoms with Crippen LogP contribution in [-0.4, -0.2) is 19.0 Å². The zero-order valence-corrected chi connectivity index (χ0v) is 13.1. The second-order valence-electron chi connectivity index (χ2n) is 5.66. The fourth-order valence-corrected chi connectivity index (χ4v) is 2.77. The van der Waals surface area contributed by atoms with Gasteiger partial charge in [-0.3, -0.25) is 4.79 Å². The van der Waals surface area contributed by atoms with Crippen LogP contribution in [0.1, 0.15) is 15.9 Å². The minimum atomic E-state index is -0.0179. The second kappa shape index (κ2) is 6.20. The van der Waals surface area contributed by atoms with Gasteiger partial charge in [0.25, 0.3) is 0 Å². The summed E-state index contributed by atoms with van der Waals surface area (Å²) < 4.78 is 11.1. The van der Waals surface area contributed by atoms with Crippen molar-refractivity contribution in [2.45, 2.75) is 0 Å². The average molecular weight is 316 g/mol. The third kappa shape index (κ3) is 2.88. The third-order valence-corrected chi connectivity index (χ3v) is 4.03. The molecule has 0 radical (unpaired) electrons. The van der Waals surface area contributed by atoms with E-state index in [1.807, 2.05) is 60.7 Å². The summed E-state index contributed by atoms with van der Waals surface area (Å²) in [6, 6.07) is 19.4. The molecule has 3 heteroatoms. The third-order valence-electron chi connectivity index (χ3n) is 4.03. The lowest BCUT2D eigenvalue weighted by Crippen LogP contribution is -2.15. The van der Waals surface area contributed by atoms with E-state index in [-0.39, 0.29) is 5.78 Å². The Morgan fingerprint density at radius 2 is 1.62 bits per heavy atom. The maximum Gasteiger partial charge on any atom is 0.185 e. The molecule has 0 aliphatic carbocycles. The molecule has 0 saturated heterocycles. The minimum Gasteiger partial charge on any atom is -0.486 e. The molecule has 1 aliphatic rings. The van der Waals surface area contributed by atoms with Gasteiger partial charge >= 0.3 is 0 Å². The Morgan fingerprint density at radius 1 is 0.833 bits per heavy atom. The fourth-order valence-electron chi connectivity index (χ4n) is 2.77. The number of ketones is 1. The topological polar surface area (TPSA) is 35.5 Å². The number of hydrogen-bond acceptors (Lipinski definition) is 3. The van der Waals surface area contributed by atoms with Crippen molar-refractivity contribution in [3.05, 3.63) is 77.9 Å². The molecule has 24 heavy (non-hydrogen) atoms. The van der Waals surface area contributed by atoms with Gasteiger partial charge in [0.05, 0.1) is 0 Å². The number of ether oxygens (including phenoxy) is 2. The molecule has 0 saturated carbocycles. The molecule has 0 N–H and O–H groups in total. The lowest BCUT2D eigenvalue weighted by atomic mass is 10.0. The van der Waals surface area contributed by atoms with Crippen molar-refractivity contribution in [3.63, 3.8) is 0 Å². The Morgan fingerprint density at radius 3 is 2.50 bits per heavy atom. The number of carbonyl (C=O) groups excluding carboxylic acids is 1. The summed E-state index contributed by atoms with van der Waals surface area (Å²) in [5.41, 5.74) is 1.59. The van der Waals surface area contributed by atoms with Crippen LogP contribution in [0.2, 0.25) is 0 Å². The van der Waals surface area contributed by atoms with Crippen LogP contribution in [-0.2, 0) is 0 Å². The lowest BCUT2D eigenvalue weighted by molar-refractivity contribution is 0.104. The van der Waals surface area contributed by atoms with E-state index >= 15 is 0 Å². The van der Waals surface area contributed by atoms with Gasteiger partial charge in [0, 0.05) is 5.56 Å². The van der Waals surface area contributed by atoms with E-state index in [0.29, 0.717) is 18.8 Å². The first-order valence-electron chi connectivity index (χ1n) is 7.90. The molecular weight excluding hydrogens is 300 g/mol. The van der Waals surface area contributed by atoms with Gasteiger partial charge in [0.1, 0.15) is 13.2 Å². The molecule has 0 amide bonds. The van der Waals surface area contributed by atoms with E-state index in [4.69, 9.17) is 9.47 Å². The van der Waals surface area contributed by atoms with Crippen LogP contribution in [0.3, 0.4) is 0 Å². The maximum absolute atomic E-state index is 12.4. The van der Waals surface area contributed by atoms with Gasteiger partial charge in [-0.15, -0.1) is 0 Å². The number of carbonyl (C=O) groups is 1. The van der Waals surface area contributed by atoms with E-state index in [9.17, 15) is 4.79 Å². The summed E-state index contributed by atoms with van der Waals surface area (Å²) >= 11 is 0. The van der Waals surface area contributed by atoms with E-state index in [1.165, 1.54) is 0 Å². The zero-order chi connectivity index (χ0) is 16.4. The van der Waals surface area contributed by atoms with Gasteiger partial charge in [-0.05, 0) is 40.6 Å². The maximum atomic E-state index is 12.4. The van der Waals surface area contributed by atoms with Crippen molar-refractivity contribution in [3.8, 4) is 11.5 Å². The van der Waals surface area contributed by atoms with Crippen LogP contribution in [0.5, 0.6) is 11.5 Å². The summed E-state index contributed by atoms with van der Waals surface area (Å²) in [4.78, 5) is 12.4. The SMILES string of the molecule is O=C(/C=C/c1ccc2c(c1)OCCO2)c1ccc2ccccc2c1. The van der Waals surface area contributed by atoms with Gasteiger partial charge in [-0.2, -0.15) is 0 Å². The van der Waals surface area contributed by atoms with E-state index < -0.39 is 0 Å². The molecule has 3 aromatic carbocycles. The number of allylic oxidation sites excluding steroid dienone is 1. The smallest absolute Gasteiger partial charge is 0.185 e. The Labute approximate surface area is 140 Å². The molecule has 3 aromatic rings. The summed E-state index contributed by atoms with van der Waals surface area (Å²) in [7, 11) is 0. The predicted molar refractivity (Wildman–Crippen MR) is 94.7 cm³/mol. The first-order chi connectivity index (χ1) is 11.8. The standard InChI is InChI=1S/C21H16O3/c22-19(18-8-7-16-3-1-2-4-17(16)14-18)9-5-15-6-10-20-21(13-15)24-12-11-23-20/h1-10,13-14H,11-12H2/b9-5+. The lowest BCUT2D eigenvalue weighted by Gasteiger charge is -2.18. The molecule has 0 atom stereocenters. The van der Waals surface area contributed by atoms with Gasteiger partial charge in [-0.1, -0.05) is 48.5 Å². The van der Waals surface area contributed by atoms with E-state index in [0.717, 1.165) is 27.8 Å². The normalized spacial score (nSPS) is 13.3. The second-order valence-corrected chi connectivity index (χ2v) is 5.66. The van der Waals surface area contributed by atoms with Crippen molar-refractivity contribution < 1.29 is 14.3 Å². The van der Waals surface area contributed by atoms with Gasteiger partial charge < -0.3 is 9.47 Å². The highest BCUT2D eigenvalue weighted by atomic mass is 16.6. The largest absolute Gasteiger partial charge is 0.486 e. The molecule has 4 rings (SSSR count). The average Bonchev–Trinajstić information content (AvgIpc) is 2.65. The highest BCUT2D eigenvalue weighted by Crippen LogP contribution is 2.31. The number of rotatable bonds is 3. The van der Waals surface area contributed by atoms with Gasteiger partial charge in [0.2, 0.25) is 0 Å². The zero-order valence-electron chi connectivity index (χ0n) is 13.1. The molecule has 1 heterocycles. The summed E-state index contributed by atoms with van der Waals surface area (Å²) in [5, 5.41) is 2.20. The van der Waals surface area contributed by atoms with Crippen LogP contribution in [0, 0.1) is 0 Å². The molecular formula is C21H16O3. The molecule has 0 unspecified atom stereocenters. The molecule has 3 nitrogen and oxygen atoms in total. The van der Waals surface area contributed by atoms with Crippen molar-refractivity contribution in [1.82, 2.24) is 0 Å². The molecule has 0 spiro atoms. The minimum absolute atomic E-state index is 0.0179. The first kappa shape index (κ1) is 14.5. The first-order valence-corrected chi connectivity index (χ1v) is 7.90. The van der Waals surface area contributed by atoms with Crippen molar-refractivity contribution in [2.75, 3.05) is 13.2 Å². The van der Waals surface area contributed by atoms with Crippen LogP contribution < -0.4 is 9.47 Å². The fraction of sp³-hybridized carbons (Fsp3) is 0.0952. The van der Waals surface area contributed by atoms with Crippen LogP contribution >= 0.6 is 0 Å². The Bertz CT molecular complexity index is 941. The number of hydrogen-bond donors (Lipinski definition) is 0. The molecule has 0 aromatic heterocycles. The molecule has 0 bridgehead atoms. The monoisotopic (exact) mass is 316 g/mol. The number of benzene rings is 3. The van der Waals surface area contributed by atoms with E-state index in [1.54, 1.807) is 12.2 Å². The Balaban J connectivity index is 1.57. The van der Waals surface area contributed by atoms with E-state index in [2.05, 4.69) is 0 Å². The van der Waals surface area contributed by atoms with Crippen LogP contribution in [0.4, 0.5) is 0 Å². The predicted octanol–water partition coefficient (Wildman–Crippen LogP) is 4.51. The van der Waals surface area contributed by atoms with Gasteiger partial charge in [0.15, 0.2) is 17.3 Å². The summed E-state index contributed by atoms with van der Waals surface area (Å²) in [6.07, 6.45) is 3.39. The molecule has 1 aliphatic heterocycles. The molecule has 118 valence electrons. The summed E-state index contributed by atoms with van der Waals surface area (Å²) in [5.74, 6) is 1.46. The van der Waals surface area contributed by atoms with Crippen molar-refractivity contribution in [1.29, 1.82) is 0 Å². The van der Waals surface area contributed by atoms with Crippen LogP contribution in [0.15, 0.2) is 66.7 Å². The highest BCUT2D eigenvalue weighted by molar-refractivity contribution is 6.08. The Hall–Kier alpha value is -3.07. The summed E-state index contributed by atoms with van der Waals surface area (Å²) in [6.45, 7) is 1.12. The quantitative estimate of drug-likeness (QED) is 0.527. The molecule has 0 fully saturated rings. The van der Waals surface area contributed by atoms with Crippen LogP contribution in [0.25, 0.3) is 16.8 Å². The Kier molecular flexibility index (Phi) is 3.75. The number of fused-ring (bicyclic) bond motifs is 2.